The first-order valence-corrected chi connectivity index (χ1v) is 7.11. The number of nitrogens with one attached hydrogen (secondary N) is 1. The summed E-state index contributed by atoms with van der Waals surface area (Å²) in [5.74, 6) is 0.881. The van der Waals surface area contributed by atoms with E-state index in [1.807, 2.05) is 20.8 Å². The Balaban J connectivity index is 2.25. The second kappa shape index (κ2) is 6.98. The summed E-state index contributed by atoms with van der Waals surface area (Å²) < 4.78 is 5.40. The molecule has 1 saturated carbocycles. The molecule has 0 unspecified atom stereocenters. The minimum atomic E-state index is -0.412. The first-order chi connectivity index (χ1) is 8.42. The standard InChI is InChI=1S/C14H28N2O2/c1-5-9-16(13(17)18-14(2,3)4)10-8-15-11-12-6-7-12/h12,15H,5-11H2,1-4H3. The quantitative estimate of drug-likeness (QED) is 0.712. The van der Waals surface area contributed by atoms with E-state index in [-0.39, 0.29) is 6.09 Å². The number of nitrogens with zero attached hydrogens (tertiary/aromatic N) is 1. The van der Waals surface area contributed by atoms with E-state index in [2.05, 4.69) is 12.2 Å². The lowest BCUT2D eigenvalue weighted by molar-refractivity contribution is 0.0252. The summed E-state index contributed by atoms with van der Waals surface area (Å²) in [7, 11) is 0. The third-order valence-electron chi connectivity index (χ3n) is 2.83. The molecule has 0 saturated heterocycles. The highest BCUT2D eigenvalue weighted by Crippen LogP contribution is 2.27. The fraction of sp³-hybridized carbons (Fsp3) is 0.929. The Morgan fingerprint density at radius 2 is 2.00 bits per heavy atom. The summed E-state index contributed by atoms with van der Waals surface area (Å²) in [5.41, 5.74) is -0.412. The van der Waals surface area contributed by atoms with Crippen LogP contribution in [-0.4, -0.2) is 42.8 Å². The van der Waals surface area contributed by atoms with E-state index in [0.717, 1.165) is 38.5 Å². The van der Waals surface area contributed by atoms with Crippen LogP contribution in [0.5, 0.6) is 0 Å². The Hall–Kier alpha value is -0.770. The third-order valence-corrected chi connectivity index (χ3v) is 2.83. The Labute approximate surface area is 111 Å². The number of ether oxygens (including phenoxy) is 1. The molecule has 0 atom stereocenters. The first kappa shape index (κ1) is 15.3. The van der Waals surface area contributed by atoms with Gasteiger partial charge in [-0.15, -0.1) is 0 Å². The molecule has 4 nitrogen and oxygen atoms in total. The predicted octanol–water partition coefficient (Wildman–Crippen LogP) is 2.63. The zero-order chi connectivity index (χ0) is 13.6. The molecule has 0 aromatic rings. The summed E-state index contributed by atoms with van der Waals surface area (Å²) >= 11 is 0. The van der Waals surface area contributed by atoms with Gasteiger partial charge in [-0.3, -0.25) is 0 Å². The number of rotatable bonds is 7. The lowest BCUT2D eigenvalue weighted by atomic mass is 10.2. The van der Waals surface area contributed by atoms with Gasteiger partial charge in [-0.05, 0) is 52.5 Å². The average molecular weight is 256 g/mol. The largest absolute Gasteiger partial charge is 0.444 e. The number of hydrogen-bond acceptors (Lipinski definition) is 3. The van der Waals surface area contributed by atoms with E-state index in [0.29, 0.717) is 0 Å². The summed E-state index contributed by atoms with van der Waals surface area (Å²) in [6.07, 6.45) is 3.48. The van der Waals surface area contributed by atoms with E-state index in [1.54, 1.807) is 4.90 Å². The highest BCUT2D eigenvalue weighted by molar-refractivity contribution is 5.68. The molecule has 1 fully saturated rings. The van der Waals surface area contributed by atoms with Crippen LogP contribution in [0.4, 0.5) is 4.79 Å². The summed E-state index contributed by atoms with van der Waals surface area (Å²) in [6.45, 7) is 11.2. The van der Waals surface area contributed by atoms with Crippen LogP contribution in [0.25, 0.3) is 0 Å². The van der Waals surface area contributed by atoms with Crippen molar-refractivity contribution in [3.63, 3.8) is 0 Å². The van der Waals surface area contributed by atoms with Crippen LogP contribution >= 0.6 is 0 Å². The monoisotopic (exact) mass is 256 g/mol. The topological polar surface area (TPSA) is 41.6 Å². The molecule has 1 aliphatic carbocycles. The van der Waals surface area contributed by atoms with Crippen LogP contribution in [0, 0.1) is 5.92 Å². The van der Waals surface area contributed by atoms with Crippen molar-refractivity contribution in [2.45, 2.75) is 52.6 Å². The van der Waals surface area contributed by atoms with Crippen LogP contribution in [-0.2, 0) is 4.74 Å². The maximum absolute atomic E-state index is 12.0. The molecular formula is C14H28N2O2. The highest BCUT2D eigenvalue weighted by Gasteiger charge is 2.22. The molecule has 0 spiro atoms. The van der Waals surface area contributed by atoms with Crippen molar-refractivity contribution in [3.05, 3.63) is 0 Å². The molecule has 0 heterocycles. The third kappa shape index (κ3) is 6.84. The van der Waals surface area contributed by atoms with Crippen molar-refractivity contribution in [1.29, 1.82) is 0 Å². The second-order valence-electron chi connectivity index (χ2n) is 6.11. The molecular weight excluding hydrogens is 228 g/mol. The van der Waals surface area contributed by atoms with E-state index in [9.17, 15) is 4.79 Å². The molecule has 18 heavy (non-hydrogen) atoms. The molecule has 0 radical (unpaired) electrons. The van der Waals surface area contributed by atoms with Gasteiger partial charge in [0.05, 0.1) is 0 Å². The van der Waals surface area contributed by atoms with Crippen LogP contribution in [0.1, 0.15) is 47.0 Å². The fourth-order valence-electron chi connectivity index (χ4n) is 1.73. The number of hydrogen-bond donors (Lipinski definition) is 1. The number of carbonyl (C=O) groups excluding carboxylic acids is 1. The molecule has 0 bridgehead atoms. The molecule has 1 rings (SSSR count). The lowest BCUT2D eigenvalue weighted by Gasteiger charge is -2.27. The smallest absolute Gasteiger partial charge is 0.410 e. The maximum atomic E-state index is 12.0. The second-order valence-corrected chi connectivity index (χ2v) is 6.11. The van der Waals surface area contributed by atoms with E-state index in [4.69, 9.17) is 4.74 Å². The van der Waals surface area contributed by atoms with Gasteiger partial charge < -0.3 is 15.0 Å². The van der Waals surface area contributed by atoms with Gasteiger partial charge in [-0.25, -0.2) is 4.79 Å². The van der Waals surface area contributed by atoms with Gasteiger partial charge in [0.25, 0.3) is 0 Å². The minimum Gasteiger partial charge on any atom is -0.444 e. The van der Waals surface area contributed by atoms with Gasteiger partial charge in [0, 0.05) is 19.6 Å². The van der Waals surface area contributed by atoms with Crippen LogP contribution in [0.15, 0.2) is 0 Å². The fourth-order valence-corrected chi connectivity index (χ4v) is 1.73. The Morgan fingerprint density at radius 1 is 1.33 bits per heavy atom. The molecule has 0 aliphatic heterocycles. The van der Waals surface area contributed by atoms with Gasteiger partial charge in [0.2, 0.25) is 0 Å². The maximum Gasteiger partial charge on any atom is 0.410 e. The van der Waals surface area contributed by atoms with Gasteiger partial charge in [0.1, 0.15) is 5.60 Å². The highest BCUT2D eigenvalue weighted by atomic mass is 16.6. The van der Waals surface area contributed by atoms with Gasteiger partial charge in [-0.1, -0.05) is 6.92 Å². The molecule has 1 amide bonds. The van der Waals surface area contributed by atoms with Crippen LogP contribution in [0.2, 0.25) is 0 Å². The predicted molar refractivity (Wildman–Crippen MR) is 73.7 cm³/mol. The van der Waals surface area contributed by atoms with Crippen molar-refractivity contribution in [3.8, 4) is 0 Å². The Kier molecular flexibility index (Phi) is 5.93. The lowest BCUT2D eigenvalue weighted by Crippen LogP contribution is -2.41. The molecule has 4 heteroatoms. The summed E-state index contributed by atoms with van der Waals surface area (Å²) in [5, 5.41) is 3.40. The molecule has 1 aliphatic rings. The first-order valence-electron chi connectivity index (χ1n) is 7.11. The summed E-state index contributed by atoms with van der Waals surface area (Å²) in [4.78, 5) is 13.8. The molecule has 106 valence electrons. The Bertz CT molecular complexity index is 257. The van der Waals surface area contributed by atoms with Crippen LogP contribution in [0.3, 0.4) is 0 Å². The van der Waals surface area contributed by atoms with Gasteiger partial charge in [-0.2, -0.15) is 0 Å². The van der Waals surface area contributed by atoms with Crippen molar-refractivity contribution < 1.29 is 9.53 Å². The summed E-state index contributed by atoms with van der Waals surface area (Å²) in [6, 6.07) is 0. The van der Waals surface area contributed by atoms with Gasteiger partial charge in [0.15, 0.2) is 0 Å². The van der Waals surface area contributed by atoms with Crippen molar-refractivity contribution in [1.82, 2.24) is 10.2 Å². The number of amides is 1. The normalized spacial score (nSPS) is 15.6. The number of carbonyl (C=O) groups is 1. The van der Waals surface area contributed by atoms with E-state index >= 15 is 0 Å². The Morgan fingerprint density at radius 3 is 2.50 bits per heavy atom. The zero-order valence-corrected chi connectivity index (χ0v) is 12.3. The van der Waals surface area contributed by atoms with Crippen LogP contribution < -0.4 is 5.32 Å². The van der Waals surface area contributed by atoms with Crippen molar-refractivity contribution >= 4 is 6.09 Å². The molecule has 1 N–H and O–H groups in total. The average Bonchev–Trinajstić information content (AvgIpc) is 3.03. The van der Waals surface area contributed by atoms with E-state index < -0.39 is 5.60 Å². The van der Waals surface area contributed by atoms with Gasteiger partial charge >= 0.3 is 6.09 Å². The van der Waals surface area contributed by atoms with Crippen molar-refractivity contribution in [2.24, 2.45) is 5.92 Å². The molecule has 0 aromatic heterocycles. The SMILES string of the molecule is CCCN(CCNCC1CC1)C(=O)OC(C)(C)C. The van der Waals surface area contributed by atoms with E-state index in [1.165, 1.54) is 12.8 Å². The zero-order valence-electron chi connectivity index (χ0n) is 12.3. The minimum absolute atomic E-state index is 0.197. The molecule has 0 aromatic carbocycles. The van der Waals surface area contributed by atoms with Crippen molar-refractivity contribution in [2.75, 3.05) is 26.2 Å².